The normalized spacial score (nSPS) is 16.6. The lowest BCUT2D eigenvalue weighted by Crippen LogP contribution is -2.46. The smallest absolute Gasteiger partial charge is 0.326 e. The summed E-state index contributed by atoms with van der Waals surface area (Å²) in [6.45, 7) is 1.91. The van der Waals surface area contributed by atoms with Crippen LogP contribution in [0.4, 0.5) is 10.5 Å². The minimum Gasteiger partial charge on any atom is -0.334 e. The van der Waals surface area contributed by atoms with E-state index in [0.29, 0.717) is 11.7 Å². The van der Waals surface area contributed by atoms with Gasteiger partial charge in [0.25, 0.3) is 5.89 Å². The van der Waals surface area contributed by atoms with Gasteiger partial charge in [0, 0.05) is 5.70 Å². The largest absolute Gasteiger partial charge is 0.334 e. The zero-order chi connectivity index (χ0) is 20.5. The fourth-order valence-corrected chi connectivity index (χ4v) is 4.29. The summed E-state index contributed by atoms with van der Waals surface area (Å²) in [6.07, 6.45) is 0. The van der Waals surface area contributed by atoms with Crippen LogP contribution in [0.1, 0.15) is 24.4 Å². The second-order valence-electron chi connectivity index (χ2n) is 6.86. The second-order valence-corrected chi connectivity index (χ2v) is 7.81. The predicted octanol–water partition coefficient (Wildman–Crippen LogP) is 5.50. The van der Waals surface area contributed by atoms with E-state index >= 15 is 0 Å². The number of carbonyl (C=O) groups excluding carboxylic acids is 1. The van der Waals surface area contributed by atoms with Gasteiger partial charge in [0.05, 0.1) is 22.2 Å². The molecule has 1 atom stereocenters. The Hall–Kier alpha value is -3.71. The number of amides is 2. The number of hydrogen-bond acceptors (Lipinski definition) is 5. The molecule has 2 aromatic carbocycles. The number of nitrogens with zero attached hydrogens (tertiary/aromatic N) is 3. The lowest BCUT2D eigenvalue weighted by molar-refractivity contribution is 0.244. The molecule has 1 N–H and O–H groups in total. The van der Waals surface area contributed by atoms with Crippen molar-refractivity contribution in [2.75, 3.05) is 4.90 Å². The van der Waals surface area contributed by atoms with Gasteiger partial charge < -0.3 is 9.84 Å². The van der Waals surface area contributed by atoms with Crippen LogP contribution in [0.25, 0.3) is 16.3 Å². The van der Waals surface area contributed by atoms with Crippen LogP contribution in [-0.4, -0.2) is 16.2 Å². The van der Waals surface area contributed by atoms with Crippen LogP contribution in [0.2, 0.25) is 0 Å². The predicted molar refractivity (Wildman–Crippen MR) is 117 cm³/mol. The van der Waals surface area contributed by atoms with Crippen molar-refractivity contribution in [3.8, 4) is 10.7 Å². The molecule has 148 valence electrons. The number of allylic oxidation sites excluding steroid dienone is 1. The molecule has 7 heteroatoms. The number of urea groups is 1. The van der Waals surface area contributed by atoms with Crippen LogP contribution >= 0.6 is 11.3 Å². The maximum atomic E-state index is 13.1. The quantitative estimate of drug-likeness (QED) is 0.479. The number of benzene rings is 2. The molecule has 0 aliphatic carbocycles. The molecular formula is C23H18N4O2S. The molecule has 0 fully saturated rings. The highest BCUT2D eigenvalue weighted by Crippen LogP contribution is 2.39. The first kappa shape index (κ1) is 18.3. The van der Waals surface area contributed by atoms with Crippen molar-refractivity contribution >= 4 is 28.6 Å². The summed E-state index contributed by atoms with van der Waals surface area (Å²) in [5.41, 5.74) is 3.25. The van der Waals surface area contributed by atoms with Crippen molar-refractivity contribution < 1.29 is 9.32 Å². The molecular weight excluding hydrogens is 396 g/mol. The Morgan fingerprint density at radius 3 is 2.43 bits per heavy atom. The molecule has 2 amide bonds. The Balaban J connectivity index is 1.67. The first-order valence-corrected chi connectivity index (χ1v) is 10.4. The summed E-state index contributed by atoms with van der Waals surface area (Å²) in [5, 5.41) is 9.25. The van der Waals surface area contributed by atoms with Crippen LogP contribution in [0, 0.1) is 0 Å². The molecule has 0 spiro atoms. The first-order chi connectivity index (χ1) is 14.7. The van der Waals surface area contributed by atoms with Gasteiger partial charge in [-0.05, 0) is 36.1 Å². The monoisotopic (exact) mass is 414 g/mol. The molecule has 0 radical (unpaired) electrons. The number of aromatic nitrogens is 2. The highest BCUT2D eigenvalue weighted by Gasteiger charge is 2.36. The fraction of sp³-hybridized carbons (Fsp3) is 0.0870. The highest BCUT2D eigenvalue weighted by atomic mass is 32.1. The third-order valence-electron chi connectivity index (χ3n) is 5.03. The van der Waals surface area contributed by atoms with Crippen LogP contribution in [0.15, 0.2) is 88.4 Å². The molecule has 2 aromatic heterocycles. The van der Waals surface area contributed by atoms with E-state index in [2.05, 4.69) is 15.5 Å². The molecule has 1 unspecified atom stereocenters. The molecule has 1 aliphatic rings. The average Bonchev–Trinajstić information content (AvgIpc) is 3.47. The Morgan fingerprint density at radius 2 is 1.73 bits per heavy atom. The summed E-state index contributed by atoms with van der Waals surface area (Å²) in [7, 11) is 0. The summed E-state index contributed by atoms with van der Waals surface area (Å²) in [4.78, 5) is 20.3. The van der Waals surface area contributed by atoms with E-state index < -0.39 is 6.04 Å². The molecule has 0 bridgehead atoms. The van der Waals surface area contributed by atoms with Gasteiger partial charge in [-0.15, -0.1) is 11.3 Å². The van der Waals surface area contributed by atoms with E-state index in [0.717, 1.165) is 27.4 Å². The number of rotatable bonds is 4. The number of thiophene rings is 1. The number of para-hydroxylation sites is 1. The second kappa shape index (κ2) is 7.61. The third kappa shape index (κ3) is 3.19. The third-order valence-corrected chi connectivity index (χ3v) is 5.90. The first-order valence-electron chi connectivity index (χ1n) is 9.52. The van der Waals surface area contributed by atoms with E-state index in [4.69, 9.17) is 4.52 Å². The Bertz CT molecular complexity index is 1200. The summed E-state index contributed by atoms with van der Waals surface area (Å²) in [6, 6.07) is 22.6. The maximum absolute atomic E-state index is 13.1. The average molecular weight is 414 g/mol. The number of anilines is 1. The molecule has 0 saturated heterocycles. The summed E-state index contributed by atoms with van der Waals surface area (Å²) < 4.78 is 5.68. The van der Waals surface area contributed by atoms with E-state index in [-0.39, 0.29) is 6.03 Å². The van der Waals surface area contributed by atoms with E-state index in [1.807, 2.05) is 85.1 Å². The number of carbonyl (C=O) groups is 1. The molecule has 30 heavy (non-hydrogen) atoms. The molecule has 5 rings (SSSR count). The highest BCUT2D eigenvalue weighted by molar-refractivity contribution is 7.13. The van der Waals surface area contributed by atoms with Gasteiger partial charge in [0.15, 0.2) is 0 Å². The van der Waals surface area contributed by atoms with Gasteiger partial charge in [-0.3, -0.25) is 4.90 Å². The molecule has 0 saturated carbocycles. The Morgan fingerprint density at radius 1 is 1.00 bits per heavy atom. The van der Waals surface area contributed by atoms with Gasteiger partial charge in [0.2, 0.25) is 5.82 Å². The lowest BCUT2D eigenvalue weighted by atomic mass is 9.94. The SMILES string of the molecule is CC1=C(c2nc(-c3cccs3)no2)C(c2ccccc2)NC(=O)N1c1ccccc1. The molecule has 1 aliphatic heterocycles. The van der Waals surface area contributed by atoms with Crippen LogP contribution in [0.3, 0.4) is 0 Å². The van der Waals surface area contributed by atoms with E-state index in [1.54, 1.807) is 16.2 Å². The molecule has 4 aromatic rings. The number of hydrogen-bond donors (Lipinski definition) is 1. The Kier molecular flexibility index (Phi) is 4.65. The van der Waals surface area contributed by atoms with Gasteiger partial charge in [-0.1, -0.05) is 59.8 Å². The fourth-order valence-electron chi connectivity index (χ4n) is 3.64. The molecule has 6 nitrogen and oxygen atoms in total. The summed E-state index contributed by atoms with van der Waals surface area (Å²) in [5.74, 6) is 0.931. The van der Waals surface area contributed by atoms with Crippen molar-refractivity contribution in [2.24, 2.45) is 0 Å². The topological polar surface area (TPSA) is 71.3 Å². The van der Waals surface area contributed by atoms with Crippen LogP contribution in [-0.2, 0) is 0 Å². The Labute approximate surface area is 177 Å². The van der Waals surface area contributed by atoms with E-state index in [9.17, 15) is 4.79 Å². The minimum absolute atomic E-state index is 0.200. The van der Waals surface area contributed by atoms with Crippen molar-refractivity contribution in [3.05, 3.63) is 95.3 Å². The standard InChI is InChI=1S/C23H18N4O2S/c1-15-19(22-25-21(26-29-22)18-13-8-14-30-18)20(16-9-4-2-5-10-16)24-23(28)27(15)17-11-6-3-7-12-17/h2-14,20H,1H3,(H,24,28). The minimum atomic E-state index is -0.393. The number of nitrogens with one attached hydrogen (secondary N) is 1. The zero-order valence-electron chi connectivity index (χ0n) is 16.1. The van der Waals surface area contributed by atoms with E-state index in [1.165, 1.54) is 0 Å². The van der Waals surface area contributed by atoms with Gasteiger partial charge in [0.1, 0.15) is 0 Å². The van der Waals surface area contributed by atoms with Gasteiger partial charge >= 0.3 is 6.03 Å². The van der Waals surface area contributed by atoms with Crippen molar-refractivity contribution in [3.63, 3.8) is 0 Å². The lowest BCUT2D eigenvalue weighted by Gasteiger charge is -2.35. The van der Waals surface area contributed by atoms with Crippen LogP contribution < -0.4 is 10.2 Å². The van der Waals surface area contributed by atoms with Crippen molar-refractivity contribution in [1.29, 1.82) is 0 Å². The maximum Gasteiger partial charge on any atom is 0.326 e. The van der Waals surface area contributed by atoms with Gasteiger partial charge in [-0.25, -0.2) is 4.79 Å². The zero-order valence-corrected chi connectivity index (χ0v) is 17.0. The van der Waals surface area contributed by atoms with Crippen molar-refractivity contribution in [1.82, 2.24) is 15.5 Å². The van der Waals surface area contributed by atoms with Crippen molar-refractivity contribution in [2.45, 2.75) is 13.0 Å². The molecule has 3 heterocycles. The van der Waals surface area contributed by atoms with Gasteiger partial charge in [-0.2, -0.15) is 4.98 Å². The van der Waals surface area contributed by atoms with Crippen LogP contribution in [0.5, 0.6) is 0 Å². The summed E-state index contributed by atoms with van der Waals surface area (Å²) >= 11 is 1.55.